The van der Waals surface area contributed by atoms with Gasteiger partial charge in [0.05, 0.1) is 13.2 Å². The quantitative estimate of drug-likeness (QED) is 0.592. The van der Waals surface area contributed by atoms with Crippen molar-refractivity contribution < 1.29 is 19.1 Å². The third-order valence-electron chi connectivity index (χ3n) is 4.09. The zero-order chi connectivity index (χ0) is 17.0. The number of hydrogen-bond donors (Lipinski definition) is 0. The van der Waals surface area contributed by atoms with Gasteiger partial charge in [-0.1, -0.05) is 18.2 Å². The number of nitrogens with zero attached hydrogens (tertiary/aromatic N) is 1. The summed E-state index contributed by atoms with van der Waals surface area (Å²) in [6.07, 6.45) is 0.698. The molecule has 0 aromatic heterocycles. The van der Waals surface area contributed by atoms with Gasteiger partial charge in [0.2, 0.25) is 0 Å². The minimum absolute atomic E-state index is 0.252. The second-order valence-corrected chi connectivity index (χ2v) is 6.22. The third-order valence-corrected chi connectivity index (χ3v) is 4.09. The van der Waals surface area contributed by atoms with Gasteiger partial charge in [-0.3, -0.25) is 9.59 Å². The first kappa shape index (κ1) is 17.5. The summed E-state index contributed by atoms with van der Waals surface area (Å²) in [5.41, 5.74) is 1.99. The van der Waals surface area contributed by atoms with Crippen molar-refractivity contribution in [1.29, 1.82) is 0 Å². The monoisotopic (exact) mass is 319 g/mol. The summed E-state index contributed by atoms with van der Waals surface area (Å²) >= 11 is 0. The normalized spacial score (nSPS) is 15.3. The molecule has 0 fully saturated rings. The highest BCUT2D eigenvalue weighted by molar-refractivity contribution is 6.01. The van der Waals surface area contributed by atoms with E-state index in [9.17, 15) is 9.59 Å². The number of benzene rings is 1. The molecule has 1 aliphatic rings. The summed E-state index contributed by atoms with van der Waals surface area (Å²) in [6, 6.07) is 6.13. The van der Waals surface area contributed by atoms with Crippen LogP contribution in [0, 0.1) is 5.41 Å². The van der Waals surface area contributed by atoms with Crippen molar-refractivity contribution in [2.24, 2.45) is 5.41 Å². The highest BCUT2D eigenvalue weighted by Crippen LogP contribution is 2.40. The SMILES string of the molecule is CCOC(=O)C1(C(=O)OCC)Cc2ccc(CN(C)C)cc2C1. The van der Waals surface area contributed by atoms with Crippen molar-refractivity contribution in [3.05, 3.63) is 34.9 Å². The van der Waals surface area contributed by atoms with Gasteiger partial charge in [-0.25, -0.2) is 0 Å². The van der Waals surface area contributed by atoms with Crippen LogP contribution in [0.25, 0.3) is 0 Å². The Kier molecular flexibility index (Phi) is 5.42. The molecular weight excluding hydrogens is 294 g/mol. The fourth-order valence-corrected chi connectivity index (χ4v) is 3.10. The highest BCUT2D eigenvalue weighted by Gasteiger charge is 2.52. The van der Waals surface area contributed by atoms with E-state index in [2.05, 4.69) is 11.0 Å². The summed E-state index contributed by atoms with van der Waals surface area (Å²) < 4.78 is 10.3. The van der Waals surface area contributed by atoms with Gasteiger partial charge in [0.25, 0.3) is 0 Å². The molecule has 0 saturated heterocycles. The topological polar surface area (TPSA) is 55.8 Å². The molecule has 1 aliphatic carbocycles. The van der Waals surface area contributed by atoms with Crippen molar-refractivity contribution in [3.8, 4) is 0 Å². The van der Waals surface area contributed by atoms with E-state index in [4.69, 9.17) is 9.47 Å². The average molecular weight is 319 g/mol. The largest absolute Gasteiger partial charge is 0.465 e. The lowest BCUT2D eigenvalue weighted by Crippen LogP contribution is -2.43. The van der Waals surface area contributed by atoms with Crippen LogP contribution in [0.4, 0.5) is 0 Å². The molecule has 0 N–H and O–H groups in total. The lowest BCUT2D eigenvalue weighted by molar-refractivity contribution is -0.171. The summed E-state index contributed by atoms with van der Waals surface area (Å²) in [6.45, 7) is 4.81. The summed E-state index contributed by atoms with van der Waals surface area (Å²) in [5, 5.41) is 0. The fraction of sp³-hybridized carbons (Fsp3) is 0.556. The van der Waals surface area contributed by atoms with Crippen LogP contribution in [0.3, 0.4) is 0 Å². The number of carbonyl (C=O) groups excluding carboxylic acids is 2. The first-order chi connectivity index (χ1) is 10.9. The number of carbonyl (C=O) groups is 2. The Bertz CT molecular complexity index is 577. The van der Waals surface area contributed by atoms with E-state index in [0.29, 0.717) is 12.8 Å². The van der Waals surface area contributed by atoms with Crippen molar-refractivity contribution in [3.63, 3.8) is 0 Å². The van der Waals surface area contributed by atoms with Crippen molar-refractivity contribution >= 4 is 11.9 Å². The molecule has 0 unspecified atom stereocenters. The molecule has 5 nitrogen and oxygen atoms in total. The summed E-state index contributed by atoms with van der Waals surface area (Å²) in [5.74, 6) is -0.965. The number of esters is 2. The molecule has 5 heteroatoms. The van der Waals surface area contributed by atoms with E-state index in [-0.39, 0.29) is 13.2 Å². The summed E-state index contributed by atoms with van der Waals surface area (Å²) in [7, 11) is 4.02. The fourth-order valence-electron chi connectivity index (χ4n) is 3.10. The molecule has 1 aromatic rings. The number of hydrogen-bond acceptors (Lipinski definition) is 5. The van der Waals surface area contributed by atoms with Crippen LogP contribution in [0.1, 0.15) is 30.5 Å². The average Bonchev–Trinajstić information content (AvgIpc) is 2.87. The van der Waals surface area contributed by atoms with Crippen LogP contribution in [0.2, 0.25) is 0 Å². The van der Waals surface area contributed by atoms with Crippen LogP contribution in [-0.4, -0.2) is 44.1 Å². The first-order valence-corrected chi connectivity index (χ1v) is 8.02. The Labute approximate surface area is 137 Å². The Morgan fingerprint density at radius 1 is 1.04 bits per heavy atom. The lowest BCUT2D eigenvalue weighted by atomic mass is 9.84. The number of fused-ring (bicyclic) bond motifs is 1. The summed E-state index contributed by atoms with van der Waals surface area (Å²) in [4.78, 5) is 27.1. The standard InChI is InChI=1S/C18H25NO4/c1-5-22-16(20)18(17(21)23-6-2)10-14-8-7-13(12-19(3)4)9-15(14)11-18/h7-9H,5-6,10-12H2,1-4H3. The maximum Gasteiger partial charge on any atom is 0.324 e. The molecule has 0 spiro atoms. The van der Waals surface area contributed by atoms with Crippen molar-refractivity contribution in [2.45, 2.75) is 33.2 Å². The number of rotatable bonds is 6. The Morgan fingerprint density at radius 2 is 1.61 bits per heavy atom. The second kappa shape index (κ2) is 7.13. The van der Waals surface area contributed by atoms with Crippen LogP contribution in [0.15, 0.2) is 18.2 Å². The van der Waals surface area contributed by atoms with Crippen LogP contribution >= 0.6 is 0 Å². The molecule has 0 amide bonds. The Balaban J connectivity index is 2.32. The second-order valence-electron chi connectivity index (χ2n) is 6.22. The van der Waals surface area contributed by atoms with Crippen LogP contribution in [0.5, 0.6) is 0 Å². The molecule has 0 radical (unpaired) electrons. The first-order valence-electron chi connectivity index (χ1n) is 8.02. The lowest BCUT2D eigenvalue weighted by Gasteiger charge is -2.23. The maximum atomic E-state index is 12.5. The van der Waals surface area contributed by atoms with Gasteiger partial charge >= 0.3 is 11.9 Å². The molecular formula is C18H25NO4. The van der Waals surface area contributed by atoms with E-state index in [1.807, 2.05) is 26.2 Å². The van der Waals surface area contributed by atoms with E-state index >= 15 is 0 Å². The Hall–Kier alpha value is -1.88. The smallest absolute Gasteiger partial charge is 0.324 e. The molecule has 0 aliphatic heterocycles. The molecule has 1 aromatic carbocycles. The highest BCUT2D eigenvalue weighted by atomic mass is 16.6. The Morgan fingerprint density at radius 3 is 2.13 bits per heavy atom. The van der Waals surface area contributed by atoms with Crippen LogP contribution < -0.4 is 0 Å². The minimum Gasteiger partial charge on any atom is -0.465 e. The van der Waals surface area contributed by atoms with Crippen molar-refractivity contribution in [2.75, 3.05) is 27.3 Å². The molecule has 0 heterocycles. The van der Waals surface area contributed by atoms with Gasteiger partial charge < -0.3 is 14.4 Å². The van der Waals surface area contributed by atoms with Gasteiger partial charge in [0, 0.05) is 6.54 Å². The van der Waals surface area contributed by atoms with Gasteiger partial charge in [-0.2, -0.15) is 0 Å². The molecule has 0 saturated carbocycles. The molecule has 0 atom stereocenters. The minimum atomic E-state index is -1.23. The van der Waals surface area contributed by atoms with E-state index in [0.717, 1.165) is 23.2 Å². The molecule has 23 heavy (non-hydrogen) atoms. The van der Waals surface area contributed by atoms with Crippen molar-refractivity contribution in [1.82, 2.24) is 4.90 Å². The van der Waals surface area contributed by atoms with Gasteiger partial charge in [0.1, 0.15) is 0 Å². The van der Waals surface area contributed by atoms with Gasteiger partial charge in [-0.05, 0) is 57.5 Å². The van der Waals surface area contributed by atoms with Crippen LogP contribution in [-0.2, 0) is 38.4 Å². The molecule has 2 rings (SSSR count). The van der Waals surface area contributed by atoms with E-state index < -0.39 is 17.4 Å². The zero-order valence-electron chi connectivity index (χ0n) is 14.3. The predicted molar refractivity (Wildman–Crippen MR) is 86.9 cm³/mol. The molecule has 126 valence electrons. The molecule has 0 bridgehead atoms. The maximum absolute atomic E-state index is 12.5. The van der Waals surface area contributed by atoms with E-state index in [1.165, 1.54) is 0 Å². The third kappa shape index (κ3) is 3.55. The predicted octanol–water partition coefficient (Wildman–Crippen LogP) is 1.96. The number of ether oxygens (including phenoxy) is 2. The zero-order valence-corrected chi connectivity index (χ0v) is 14.3. The van der Waals surface area contributed by atoms with Gasteiger partial charge in [-0.15, -0.1) is 0 Å². The van der Waals surface area contributed by atoms with Gasteiger partial charge in [0.15, 0.2) is 5.41 Å². The van der Waals surface area contributed by atoms with E-state index in [1.54, 1.807) is 13.8 Å².